The summed E-state index contributed by atoms with van der Waals surface area (Å²) in [7, 11) is 0. The van der Waals surface area contributed by atoms with Crippen molar-refractivity contribution in [2.75, 3.05) is 26.2 Å². The van der Waals surface area contributed by atoms with Crippen molar-refractivity contribution in [3.8, 4) is 0 Å². The van der Waals surface area contributed by atoms with Crippen LogP contribution < -0.4 is 0 Å². The van der Waals surface area contributed by atoms with Crippen LogP contribution in [0.1, 0.15) is 91.2 Å². The Morgan fingerprint density at radius 2 is 1.00 bits per heavy atom. The van der Waals surface area contributed by atoms with E-state index in [1.807, 2.05) is 18.2 Å². The number of hydrogen-bond donors (Lipinski definition) is 2. The van der Waals surface area contributed by atoms with Gasteiger partial charge in [0.25, 0.3) is 0 Å². The number of carboxylic acids is 2. The van der Waals surface area contributed by atoms with E-state index in [2.05, 4.69) is 6.07 Å². The zero-order valence-electron chi connectivity index (χ0n) is 25.0. The Morgan fingerprint density at radius 3 is 1.32 bits per heavy atom. The number of carboxylic acid groups (broad SMARTS) is 2. The van der Waals surface area contributed by atoms with E-state index in [1.165, 1.54) is 0 Å². The molecule has 2 N–H and O–H groups in total. The van der Waals surface area contributed by atoms with Gasteiger partial charge < -0.3 is 29.5 Å². The minimum absolute atomic E-state index is 0.00768. The third-order valence-corrected chi connectivity index (χ3v) is 5.72. The molecule has 2 amide bonds. The molecule has 0 aliphatic heterocycles. The molecule has 40 heavy (non-hydrogen) atoms. The Balaban J connectivity index is 2.69. The third-order valence-electron chi connectivity index (χ3n) is 5.72. The zero-order valence-corrected chi connectivity index (χ0v) is 25.0. The summed E-state index contributed by atoms with van der Waals surface area (Å²) in [5, 5.41) is 17.9. The molecule has 0 fully saturated rings. The highest BCUT2D eigenvalue weighted by molar-refractivity contribution is 5.69. The second-order valence-corrected chi connectivity index (χ2v) is 12.0. The van der Waals surface area contributed by atoms with Gasteiger partial charge in [0.15, 0.2) is 0 Å². The Hall–Kier alpha value is -3.30. The molecule has 0 aromatic heterocycles. The van der Waals surface area contributed by atoms with Crippen molar-refractivity contribution >= 4 is 24.1 Å². The molecule has 1 aromatic rings. The number of carbonyl (C=O) groups excluding carboxylic acids is 2. The molecule has 1 rings (SSSR count). The minimum Gasteiger partial charge on any atom is -0.481 e. The van der Waals surface area contributed by atoms with Crippen LogP contribution in [0, 0.1) is 0 Å². The summed E-state index contributed by atoms with van der Waals surface area (Å²) >= 11 is 0. The Morgan fingerprint density at radius 1 is 0.650 bits per heavy atom. The number of benzene rings is 1. The number of carbonyl (C=O) groups is 4. The van der Waals surface area contributed by atoms with Crippen molar-refractivity contribution in [1.29, 1.82) is 0 Å². The van der Waals surface area contributed by atoms with Crippen molar-refractivity contribution in [2.24, 2.45) is 0 Å². The molecule has 0 aliphatic carbocycles. The summed E-state index contributed by atoms with van der Waals surface area (Å²) in [6.45, 7) is 12.4. The van der Waals surface area contributed by atoms with Gasteiger partial charge in [-0.15, -0.1) is 0 Å². The molecule has 0 radical (unpaired) electrons. The smallest absolute Gasteiger partial charge is 0.410 e. The molecule has 10 heteroatoms. The first-order valence-corrected chi connectivity index (χ1v) is 14.0. The van der Waals surface area contributed by atoms with Crippen LogP contribution in [-0.2, 0) is 31.9 Å². The average molecular weight is 565 g/mol. The molecule has 226 valence electrons. The monoisotopic (exact) mass is 564 g/mol. The van der Waals surface area contributed by atoms with Gasteiger partial charge in [0.1, 0.15) is 11.2 Å². The first kappa shape index (κ1) is 34.7. The molecule has 0 atom stereocenters. The molecular weight excluding hydrogens is 516 g/mol. The first-order valence-electron chi connectivity index (χ1n) is 14.0. The van der Waals surface area contributed by atoms with Gasteiger partial charge in [-0.2, -0.15) is 0 Å². The van der Waals surface area contributed by atoms with Crippen LogP contribution in [0.2, 0.25) is 0 Å². The fourth-order valence-corrected chi connectivity index (χ4v) is 3.97. The van der Waals surface area contributed by atoms with Crippen molar-refractivity contribution < 1.29 is 38.9 Å². The summed E-state index contributed by atoms with van der Waals surface area (Å²) < 4.78 is 11.0. The first-order chi connectivity index (χ1) is 18.6. The topological polar surface area (TPSA) is 134 Å². The fourth-order valence-electron chi connectivity index (χ4n) is 3.97. The van der Waals surface area contributed by atoms with Crippen LogP contribution in [0.3, 0.4) is 0 Å². The highest BCUT2D eigenvalue weighted by Gasteiger charge is 2.23. The number of hydrogen-bond acceptors (Lipinski definition) is 6. The maximum absolute atomic E-state index is 12.6. The highest BCUT2D eigenvalue weighted by atomic mass is 16.6. The van der Waals surface area contributed by atoms with Crippen LogP contribution in [0.4, 0.5) is 9.59 Å². The number of amides is 2. The van der Waals surface area contributed by atoms with Gasteiger partial charge in [-0.05, 0) is 91.2 Å². The van der Waals surface area contributed by atoms with Gasteiger partial charge >= 0.3 is 24.1 Å². The van der Waals surface area contributed by atoms with Crippen LogP contribution >= 0.6 is 0 Å². The molecular formula is C30H48N2O8. The van der Waals surface area contributed by atoms with Gasteiger partial charge in [-0.25, -0.2) is 9.59 Å². The summed E-state index contributed by atoms with van der Waals surface area (Å²) in [5.41, 5.74) is 0.979. The number of aryl methyl sites for hydroxylation is 2. The lowest BCUT2D eigenvalue weighted by Gasteiger charge is -2.27. The maximum atomic E-state index is 12.6. The van der Waals surface area contributed by atoms with E-state index < -0.39 is 35.3 Å². The van der Waals surface area contributed by atoms with E-state index in [0.29, 0.717) is 51.9 Å². The summed E-state index contributed by atoms with van der Waals surface area (Å²) in [5.74, 6) is -1.79. The molecule has 0 spiro atoms. The lowest BCUT2D eigenvalue weighted by molar-refractivity contribution is -0.138. The van der Waals surface area contributed by atoms with Crippen LogP contribution in [0.5, 0.6) is 0 Å². The zero-order chi connectivity index (χ0) is 30.3. The van der Waals surface area contributed by atoms with E-state index in [9.17, 15) is 19.2 Å². The molecule has 1 aromatic carbocycles. The predicted octanol–water partition coefficient (Wildman–Crippen LogP) is 5.76. The van der Waals surface area contributed by atoms with E-state index in [-0.39, 0.29) is 12.8 Å². The Bertz CT molecular complexity index is 892. The van der Waals surface area contributed by atoms with E-state index in [0.717, 1.165) is 24.0 Å². The normalized spacial score (nSPS) is 11.6. The summed E-state index contributed by atoms with van der Waals surface area (Å²) in [6.07, 6.45) is 2.71. The average Bonchev–Trinajstić information content (AvgIpc) is 2.79. The fraction of sp³-hybridized carbons (Fsp3) is 0.667. The molecule has 0 saturated carbocycles. The predicted molar refractivity (Wildman–Crippen MR) is 152 cm³/mol. The number of rotatable bonds is 16. The van der Waals surface area contributed by atoms with Crippen molar-refractivity contribution in [3.05, 3.63) is 35.4 Å². The SMILES string of the molecule is CC(C)(C)OC(=O)N(CCCC(=O)O)CCCc1cccc(CCCN(CCCC(=O)O)C(=O)OC(C)(C)C)c1. The summed E-state index contributed by atoms with van der Waals surface area (Å²) in [4.78, 5) is 50.2. The van der Waals surface area contributed by atoms with Crippen LogP contribution in [-0.4, -0.2) is 81.5 Å². The second kappa shape index (κ2) is 16.7. The Labute approximate surface area is 238 Å². The summed E-state index contributed by atoms with van der Waals surface area (Å²) in [6, 6.07) is 8.17. The quantitative estimate of drug-likeness (QED) is 0.259. The molecule has 0 bridgehead atoms. The van der Waals surface area contributed by atoms with Crippen molar-refractivity contribution in [1.82, 2.24) is 9.80 Å². The molecule has 0 saturated heterocycles. The number of aliphatic carboxylic acids is 2. The maximum Gasteiger partial charge on any atom is 0.410 e. The highest BCUT2D eigenvalue weighted by Crippen LogP contribution is 2.15. The molecule has 0 aliphatic rings. The molecule has 0 heterocycles. The van der Waals surface area contributed by atoms with Gasteiger partial charge in [0.05, 0.1) is 0 Å². The third kappa shape index (κ3) is 16.6. The number of ether oxygens (including phenoxy) is 2. The molecule has 0 unspecified atom stereocenters. The van der Waals surface area contributed by atoms with E-state index >= 15 is 0 Å². The largest absolute Gasteiger partial charge is 0.481 e. The lowest BCUT2D eigenvalue weighted by Crippen LogP contribution is -2.38. The van der Waals surface area contributed by atoms with E-state index in [4.69, 9.17) is 19.7 Å². The lowest BCUT2D eigenvalue weighted by atomic mass is 10.0. The van der Waals surface area contributed by atoms with Crippen molar-refractivity contribution in [3.63, 3.8) is 0 Å². The second-order valence-electron chi connectivity index (χ2n) is 12.0. The van der Waals surface area contributed by atoms with Gasteiger partial charge in [0.2, 0.25) is 0 Å². The van der Waals surface area contributed by atoms with Gasteiger partial charge in [0, 0.05) is 39.0 Å². The molecule has 10 nitrogen and oxygen atoms in total. The Kier molecular flexibility index (Phi) is 14.5. The van der Waals surface area contributed by atoms with Gasteiger partial charge in [-0.3, -0.25) is 9.59 Å². The van der Waals surface area contributed by atoms with Crippen LogP contribution in [0.25, 0.3) is 0 Å². The van der Waals surface area contributed by atoms with E-state index in [1.54, 1.807) is 51.3 Å². The van der Waals surface area contributed by atoms with Crippen molar-refractivity contribution in [2.45, 2.75) is 104 Å². The number of nitrogens with zero attached hydrogens (tertiary/aromatic N) is 2. The van der Waals surface area contributed by atoms with Gasteiger partial charge in [-0.1, -0.05) is 24.3 Å². The minimum atomic E-state index is -0.893. The van der Waals surface area contributed by atoms with Crippen LogP contribution in [0.15, 0.2) is 24.3 Å². The standard InChI is InChI=1S/C30H48N2O8/c1-29(2,3)39-27(37)31(20-10-16-25(33)34)18-8-14-23-12-7-13-24(22-23)15-9-19-32(21-11-17-26(35)36)28(38)40-30(4,5)6/h7,12-13,22H,8-11,14-21H2,1-6H3,(H,33,34)(H,35,36).